The van der Waals surface area contributed by atoms with E-state index in [-0.39, 0.29) is 16.8 Å². The van der Waals surface area contributed by atoms with Crippen LogP contribution < -0.4 is 15.5 Å². The Morgan fingerprint density at radius 1 is 1.41 bits per heavy atom. The number of hydrogen-bond donors (Lipinski definition) is 1. The highest BCUT2D eigenvalue weighted by atomic mass is 16.6. The lowest BCUT2D eigenvalue weighted by molar-refractivity contribution is -0.651. The predicted molar refractivity (Wildman–Crippen MR) is 50.9 cm³/mol. The molecule has 8 nitrogen and oxygen atoms in total. The largest absolute Gasteiger partial charge is 0.486 e. The number of nitrogens with one attached hydrogen (secondary N) is 1. The molecule has 2 aromatic rings. The zero-order valence-electron chi connectivity index (χ0n) is 8.36. The molecule has 1 aromatic heterocycles. The summed E-state index contributed by atoms with van der Waals surface area (Å²) < 4.78 is 5.27. The highest BCUT2D eigenvalue weighted by Crippen LogP contribution is 2.11. The third kappa shape index (κ3) is 2.09. The van der Waals surface area contributed by atoms with Crippen molar-refractivity contribution in [1.82, 2.24) is 5.27 Å². The van der Waals surface area contributed by atoms with Gasteiger partial charge in [-0.25, -0.2) is 10.1 Å². The first-order valence-electron chi connectivity index (χ1n) is 4.47. The summed E-state index contributed by atoms with van der Waals surface area (Å²) in [6, 6.07) is 5.06. The third-order valence-corrected chi connectivity index (χ3v) is 2.00. The summed E-state index contributed by atoms with van der Waals surface area (Å²) in [6.07, 6.45) is 1.10. The van der Waals surface area contributed by atoms with Crippen LogP contribution in [0.25, 0.3) is 0 Å². The van der Waals surface area contributed by atoms with E-state index in [9.17, 15) is 14.9 Å². The fourth-order valence-electron chi connectivity index (χ4n) is 1.20. The number of carbonyl (C=O) groups excluding carboxylic acids is 1. The van der Waals surface area contributed by atoms with Crippen molar-refractivity contribution in [1.29, 1.82) is 5.41 Å². The molecule has 0 amide bonds. The van der Waals surface area contributed by atoms with Gasteiger partial charge in [-0.15, -0.1) is 0 Å². The van der Waals surface area contributed by atoms with Gasteiger partial charge in [0.05, 0.1) is 10.5 Å². The minimum absolute atomic E-state index is 0.104. The number of benzene rings is 1. The van der Waals surface area contributed by atoms with Crippen LogP contribution in [0.4, 0.5) is 5.69 Å². The van der Waals surface area contributed by atoms with Gasteiger partial charge in [0.2, 0.25) is 6.20 Å². The Bertz CT molecular complexity index is 625. The maximum atomic E-state index is 11.7. The molecule has 0 bridgehead atoms. The maximum Gasteiger partial charge on any atom is 0.417 e. The quantitative estimate of drug-likeness (QED) is 0.431. The molecule has 1 N–H and O–H groups in total. The molecule has 0 radical (unpaired) electrons. The number of nitrogens with zero attached hydrogens (tertiary/aromatic N) is 3. The van der Waals surface area contributed by atoms with Crippen molar-refractivity contribution in [3.63, 3.8) is 0 Å². The summed E-state index contributed by atoms with van der Waals surface area (Å²) in [5.41, 5.74) is -0.137. The Morgan fingerprint density at radius 3 is 2.53 bits per heavy atom. The van der Waals surface area contributed by atoms with Crippen molar-refractivity contribution in [2.75, 3.05) is 0 Å². The average Bonchev–Trinajstić information content (AvgIpc) is 2.75. The first-order valence-corrected chi connectivity index (χ1v) is 4.47. The van der Waals surface area contributed by atoms with Crippen molar-refractivity contribution < 1.29 is 18.9 Å². The van der Waals surface area contributed by atoms with Gasteiger partial charge < -0.3 is 4.52 Å². The monoisotopic (exact) mass is 234 g/mol. The molecule has 86 valence electrons. The van der Waals surface area contributed by atoms with Crippen molar-refractivity contribution in [2.24, 2.45) is 0 Å². The van der Waals surface area contributed by atoms with Gasteiger partial charge in [0.15, 0.2) is 0 Å². The SMILES string of the molecule is N=c1c[n+](C(=O)c2ccc([N+](=O)[O-])cc2)[n-]o1. The van der Waals surface area contributed by atoms with Gasteiger partial charge in [-0.3, -0.25) is 15.5 Å². The second-order valence-corrected chi connectivity index (χ2v) is 3.12. The smallest absolute Gasteiger partial charge is 0.417 e. The Balaban J connectivity index is 2.32. The van der Waals surface area contributed by atoms with Crippen molar-refractivity contribution >= 4 is 11.6 Å². The Labute approximate surface area is 93.7 Å². The van der Waals surface area contributed by atoms with Crippen molar-refractivity contribution in [2.45, 2.75) is 0 Å². The molecule has 17 heavy (non-hydrogen) atoms. The molecule has 0 spiro atoms. The molecule has 0 saturated carbocycles. The van der Waals surface area contributed by atoms with Crippen LogP contribution in [0.2, 0.25) is 0 Å². The van der Waals surface area contributed by atoms with E-state index in [4.69, 9.17) is 5.41 Å². The van der Waals surface area contributed by atoms with E-state index in [0.717, 1.165) is 10.9 Å². The molecule has 0 fully saturated rings. The van der Waals surface area contributed by atoms with Gasteiger partial charge in [0.25, 0.3) is 11.2 Å². The van der Waals surface area contributed by atoms with E-state index < -0.39 is 10.8 Å². The fraction of sp³-hybridized carbons (Fsp3) is 0. The minimum Gasteiger partial charge on any atom is -0.486 e. The fourth-order valence-corrected chi connectivity index (χ4v) is 1.20. The van der Waals surface area contributed by atoms with Crippen LogP contribution in [0.15, 0.2) is 35.0 Å². The van der Waals surface area contributed by atoms with Gasteiger partial charge in [-0.1, -0.05) is 0 Å². The van der Waals surface area contributed by atoms with E-state index in [2.05, 4.69) is 9.79 Å². The lowest BCUT2D eigenvalue weighted by atomic mass is 10.2. The third-order valence-electron chi connectivity index (χ3n) is 2.00. The van der Waals surface area contributed by atoms with E-state index >= 15 is 0 Å². The number of rotatable bonds is 2. The molecule has 0 atom stereocenters. The number of non-ortho nitro benzene ring substituents is 1. The van der Waals surface area contributed by atoms with Gasteiger partial charge in [0, 0.05) is 12.1 Å². The van der Waals surface area contributed by atoms with Gasteiger partial charge in [-0.05, 0) is 12.1 Å². The maximum absolute atomic E-state index is 11.7. The van der Waals surface area contributed by atoms with Crippen LogP contribution >= 0.6 is 0 Å². The van der Waals surface area contributed by atoms with Crippen LogP contribution in [0.3, 0.4) is 0 Å². The molecule has 0 unspecified atom stereocenters. The second kappa shape index (κ2) is 4.00. The van der Waals surface area contributed by atoms with Gasteiger partial charge in [-0.2, -0.15) is 4.68 Å². The van der Waals surface area contributed by atoms with E-state index in [1.54, 1.807) is 0 Å². The molecule has 8 heteroatoms. The van der Waals surface area contributed by atoms with Crippen LogP contribution in [0.5, 0.6) is 0 Å². The summed E-state index contributed by atoms with van der Waals surface area (Å²) in [7, 11) is 0. The zero-order valence-corrected chi connectivity index (χ0v) is 8.36. The van der Waals surface area contributed by atoms with Crippen molar-refractivity contribution in [3.8, 4) is 0 Å². The molecule has 2 rings (SSSR count). The highest BCUT2D eigenvalue weighted by molar-refractivity contribution is 5.87. The lowest BCUT2D eigenvalue weighted by Crippen LogP contribution is -2.45. The van der Waals surface area contributed by atoms with Crippen molar-refractivity contribution in [3.05, 3.63) is 51.7 Å². The number of hydrogen-bond acceptors (Lipinski definition) is 5. The van der Waals surface area contributed by atoms with Crippen LogP contribution in [-0.2, 0) is 0 Å². The van der Waals surface area contributed by atoms with E-state index in [1.807, 2.05) is 0 Å². The topological polar surface area (TPSA) is 115 Å². The summed E-state index contributed by atoms with van der Waals surface area (Å²) >= 11 is 0. The van der Waals surface area contributed by atoms with Gasteiger partial charge in [0.1, 0.15) is 0 Å². The van der Waals surface area contributed by atoms with E-state index in [0.29, 0.717) is 0 Å². The predicted octanol–water partition coefficient (Wildman–Crippen LogP) is -0.400. The second-order valence-electron chi connectivity index (χ2n) is 3.12. The molecule has 0 aliphatic rings. The Morgan fingerprint density at radius 2 is 2.06 bits per heavy atom. The Kier molecular flexibility index (Phi) is 2.53. The molecular formula is C9H6N4O4. The molecule has 1 aromatic carbocycles. The number of nitro benzene ring substituents is 1. The first-order chi connectivity index (χ1) is 8.08. The summed E-state index contributed by atoms with van der Waals surface area (Å²) in [5, 5.41) is 20.8. The van der Waals surface area contributed by atoms with Crippen LogP contribution in [0, 0.1) is 15.5 Å². The van der Waals surface area contributed by atoms with Gasteiger partial charge >= 0.3 is 5.91 Å². The summed E-state index contributed by atoms with van der Waals surface area (Å²) in [6.45, 7) is 0. The molecular weight excluding hydrogens is 228 g/mol. The molecule has 0 saturated heterocycles. The van der Waals surface area contributed by atoms with E-state index in [1.165, 1.54) is 24.3 Å². The lowest BCUT2D eigenvalue weighted by Gasteiger charge is -1.95. The zero-order chi connectivity index (χ0) is 12.4. The highest BCUT2D eigenvalue weighted by Gasteiger charge is 2.16. The standard InChI is InChI=1S/C9H6N4O4/c10-8-5-12(11-17-8)9(14)6-1-3-7(4-2-6)13(15)16/h1-5,10H. The number of carbonyl (C=O) groups is 1. The minimum atomic E-state index is -0.556. The normalized spacial score (nSPS) is 10.1. The molecule has 0 aliphatic heterocycles. The van der Waals surface area contributed by atoms with Crippen LogP contribution in [0.1, 0.15) is 10.4 Å². The molecule has 1 heterocycles. The summed E-state index contributed by atoms with van der Waals surface area (Å²) in [4.78, 5) is 21.6. The average molecular weight is 234 g/mol. The Hall–Kier alpha value is -2.77. The number of aromatic nitrogens is 2. The van der Waals surface area contributed by atoms with Crippen LogP contribution in [-0.4, -0.2) is 10.8 Å². The molecule has 0 aliphatic carbocycles. The first kappa shape index (κ1) is 10.7. The number of nitro groups is 1. The summed E-state index contributed by atoms with van der Waals surface area (Å²) in [5.74, 6) is -0.526.